The third-order valence-electron chi connectivity index (χ3n) is 0.927. The molecule has 0 bridgehead atoms. The minimum absolute atomic E-state index is 0.0450. The summed E-state index contributed by atoms with van der Waals surface area (Å²) in [5.74, 6) is 0. The quantitative estimate of drug-likeness (QED) is 0.516. The Labute approximate surface area is 49.4 Å². The van der Waals surface area contributed by atoms with Gasteiger partial charge < -0.3 is 15.6 Å². The molecule has 0 radical (unpaired) electrons. The summed E-state index contributed by atoms with van der Waals surface area (Å²) in [6.45, 7) is 0.672. The van der Waals surface area contributed by atoms with Crippen LogP contribution in [0.1, 0.15) is 6.42 Å². The van der Waals surface area contributed by atoms with Crippen molar-refractivity contribution in [2.75, 3.05) is 20.3 Å². The van der Waals surface area contributed by atoms with Crippen LogP contribution >= 0.6 is 0 Å². The first-order valence-corrected chi connectivity index (χ1v) is 2.66. The molecule has 3 N–H and O–H groups in total. The Morgan fingerprint density at radius 3 is 2.75 bits per heavy atom. The smallest absolute Gasteiger partial charge is 0.0583 e. The predicted octanol–water partition coefficient (Wildman–Crippen LogP) is -0.658. The first kappa shape index (κ1) is 7.88. The standard InChI is InChI=1S/C5H13NO2/c1-8-3-2-5(6)4-7/h5,7H,2-4,6H2,1H3/t5-/m0/s1. The van der Waals surface area contributed by atoms with Crippen molar-refractivity contribution in [1.82, 2.24) is 0 Å². The van der Waals surface area contributed by atoms with Crippen LogP contribution in [0.4, 0.5) is 0 Å². The van der Waals surface area contributed by atoms with E-state index in [1.807, 2.05) is 0 Å². The molecule has 0 unspecified atom stereocenters. The number of hydrogen-bond donors (Lipinski definition) is 2. The van der Waals surface area contributed by atoms with Gasteiger partial charge in [-0.25, -0.2) is 0 Å². The lowest BCUT2D eigenvalue weighted by atomic mass is 10.2. The van der Waals surface area contributed by atoms with E-state index >= 15 is 0 Å². The minimum Gasteiger partial charge on any atom is -0.395 e. The second-order valence-corrected chi connectivity index (χ2v) is 1.72. The lowest BCUT2D eigenvalue weighted by Crippen LogP contribution is -2.25. The molecule has 0 aliphatic heterocycles. The molecule has 0 saturated carbocycles. The zero-order valence-corrected chi connectivity index (χ0v) is 5.13. The molecule has 0 aliphatic carbocycles. The van der Waals surface area contributed by atoms with E-state index in [1.165, 1.54) is 0 Å². The maximum absolute atomic E-state index is 8.38. The number of rotatable bonds is 4. The summed E-state index contributed by atoms with van der Waals surface area (Å²) in [5, 5.41) is 8.38. The Balaban J connectivity index is 2.86. The van der Waals surface area contributed by atoms with E-state index in [-0.39, 0.29) is 12.6 Å². The third-order valence-corrected chi connectivity index (χ3v) is 0.927. The summed E-state index contributed by atoms with van der Waals surface area (Å²) in [5.41, 5.74) is 5.33. The molecule has 1 atom stereocenters. The van der Waals surface area contributed by atoms with Crippen molar-refractivity contribution in [1.29, 1.82) is 0 Å². The zero-order valence-electron chi connectivity index (χ0n) is 5.13. The van der Waals surface area contributed by atoms with E-state index in [0.717, 1.165) is 6.42 Å². The highest BCUT2D eigenvalue weighted by molar-refractivity contribution is 4.56. The number of ether oxygens (including phenoxy) is 1. The largest absolute Gasteiger partial charge is 0.395 e. The minimum atomic E-state index is -0.116. The van der Waals surface area contributed by atoms with Gasteiger partial charge >= 0.3 is 0 Å². The molecule has 0 aliphatic rings. The molecular formula is C5H13NO2. The highest BCUT2D eigenvalue weighted by atomic mass is 16.5. The Morgan fingerprint density at radius 2 is 2.38 bits per heavy atom. The molecule has 0 fully saturated rings. The Hall–Kier alpha value is -0.120. The van der Waals surface area contributed by atoms with E-state index in [4.69, 9.17) is 15.6 Å². The van der Waals surface area contributed by atoms with Crippen LogP contribution in [0.15, 0.2) is 0 Å². The van der Waals surface area contributed by atoms with Gasteiger partial charge in [-0.2, -0.15) is 0 Å². The Kier molecular flexibility index (Phi) is 4.95. The average Bonchev–Trinajstić information content (AvgIpc) is 1.83. The lowest BCUT2D eigenvalue weighted by molar-refractivity contribution is 0.170. The Bertz CT molecular complexity index is 49.7. The van der Waals surface area contributed by atoms with Crippen LogP contribution in [-0.4, -0.2) is 31.5 Å². The van der Waals surface area contributed by atoms with Crippen molar-refractivity contribution < 1.29 is 9.84 Å². The van der Waals surface area contributed by atoms with Crippen LogP contribution < -0.4 is 5.73 Å². The first-order valence-electron chi connectivity index (χ1n) is 2.66. The SMILES string of the molecule is COCC[C@H](N)CO. The van der Waals surface area contributed by atoms with Crippen molar-refractivity contribution in [3.8, 4) is 0 Å². The number of aliphatic hydroxyl groups excluding tert-OH is 1. The van der Waals surface area contributed by atoms with E-state index in [2.05, 4.69) is 0 Å². The lowest BCUT2D eigenvalue weighted by Gasteiger charge is -2.04. The molecule has 0 aromatic rings. The monoisotopic (exact) mass is 119 g/mol. The van der Waals surface area contributed by atoms with Crippen LogP contribution in [0.2, 0.25) is 0 Å². The number of nitrogens with two attached hydrogens (primary N) is 1. The van der Waals surface area contributed by atoms with E-state index in [0.29, 0.717) is 6.61 Å². The van der Waals surface area contributed by atoms with Gasteiger partial charge in [-0.05, 0) is 6.42 Å². The van der Waals surface area contributed by atoms with Gasteiger partial charge in [0.1, 0.15) is 0 Å². The summed E-state index contributed by atoms with van der Waals surface area (Å²) in [6, 6.07) is -0.116. The van der Waals surface area contributed by atoms with Crippen molar-refractivity contribution in [2.45, 2.75) is 12.5 Å². The van der Waals surface area contributed by atoms with Gasteiger partial charge in [-0.1, -0.05) is 0 Å². The van der Waals surface area contributed by atoms with Crippen LogP contribution in [0, 0.1) is 0 Å². The zero-order chi connectivity index (χ0) is 6.41. The Morgan fingerprint density at radius 1 is 1.75 bits per heavy atom. The predicted molar refractivity (Wildman–Crippen MR) is 31.6 cm³/mol. The van der Waals surface area contributed by atoms with Crippen molar-refractivity contribution in [2.24, 2.45) is 5.73 Å². The van der Waals surface area contributed by atoms with E-state index in [1.54, 1.807) is 7.11 Å². The second kappa shape index (κ2) is 5.03. The van der Waals surface area contributed by atoms with Crippen LogP contribution in [0.25, 0.3) is 0 Å². The van der Waals surface area contributed by atoms with Crippen LogP contribution in [-0.2, 0) is 4.74 Å². The van der Waals surface area contributed by atoms with Crippen molar-refractivity contribution in [3.05, 3.63) is 0 Å². The molecule has 3 nitrogen and oxygen atoms in total. The highest BCUT2D eigenvalue weighted by Gasteiger charge is 1.96. The van der Waals surface area contributed by atoms with Crippen molar-refractivity contribution >= 4 is 0 Å². The molecule has 0 saturated heterocycles. The molecule has 50 valence electrons. The second-order valence-electron chi connectivity index (χ2n) is 1.72. The average molecular weight is 119 g/mol. The number of methoxy groups -OCH3 is 1. The summed E-state index contributed by atoms with van der Waals surface area (Å²) in [4.78, 5) is 0. The van der Waals surface area contributed by atoms with Gasteiger partial charge in [0.2, 0.25) is 0 Å². The van der Waals surface area contributed by atoms with Gasteiger partial charge in [0.05, 0.1) is 6.61 Å². The maximum atomic E-state index is 8.38. The molecule has 0 aromatic carbocycles. The van der Waals surface area contributed by atoms with Crippen LogP contribution in [0.5, 0.6) is 0 Å². The highest BCUT2D eigenvalue weighted by Crippen LogP contribution is 1.84. The fourth-order valence-corrected chi connectivity index (χ4v) is 0.361. The molecule has 0 spiro atoms. The molecule has 3 heteroatoms. The molecule has 0 amide bonds. The van der Waals surface area contributed by atoms with Crippen molar-refractivity contribution in [3.63, 3.8) is 0 Å². The maximum Gasteiger partial charge on any atom is 0.0583 e. The number of aliphatic hydroxyl groups is 1. The number of hydrogen-bond acceptors (Lipinski definition) is 3. The van der Waals surface area contributed by atoms with Gasteiger partial charge in [0, 0.05) is 19.8 Å². The van der Waals surface area contributed by atoms with E-state index in [9.17, 15) is 0 Å². The summed E-state index contributed by atoms with van der Waals surface area (Å²) in [7, 11) is 1.62. The van der Waals surface area contributed by atoms with E-state index < -0.39 is 0 Å². The summed E-state index contributed by atoms with van der Waals surface area (Å²) < 4.78 is 4.72. The topological polar surface area (TPSA) is 55.5 Å². The summed E-state index contributed by atoms with van der Waals surface area (Å²) >= 11 is 0. The fourth-order valence-electron chi connectivity index (χ4n) is 0.361. The van der Waals surface area contributed by atoms with Gasteiger partial charge in [0.15, 0.2) is 0 Å². The first-order chi connectivity index (χ1) is 3.81. The van der Waals surface area contributed by atoms with Gasteiger partial charge in [-0.3, -0.25) is 0 Å². The van der Waals surface area contributed by atoms with Gasteiger partial charge in [-0.15, -0.1) is 0 Å². The molecule has 0 heterocycles. The summed E-state index contributed by atoms with van der Waals surface area (Å²) in [6.07, 6.45) is 0.729. The molecule has 0 aromatic heterocycles. The molecular weight excluding hydrogens is 106 g/mol. The normalized spacial score (nSPS) is 13.9. The molecule has 0 rings (SSSR count). The third kappa shape index (κ3) is 4.05. The molecule has 8 heavy (non-hydrogen) atoms. The van der Waals surface area contributed by atoms with Gasteiger partial charge in [0.25, 0.3) is 0 Å². The van der Waals surface area contributed by atoms with Crippen LogP contribution in [0.3, 0.4) is 0 Å². The fraction of sp³-hybridized carbons (Fsp3) is 1.00.